The summed E-state index contributed by atoms with van der Waals surface area (Å²) >= 11 is 0. The molecule has 0 rings (SSSR count). The molecule has 0 amide bonds. The Morgan fingerprint density at radius 2 is 0.447 bits per heavy atom. The van der Waals surface area contributed by atoms with E-state index >= 15 is 0 Å². The van der Waals surface area contributed by atoms with Gasteiger partial charge in [0.1, 0.15) is 19.3 Å². The molecule has 3 unspecified atom stereocenters. The standard InChI is InChI=1S/C75H146O17P2/c1-65(2)51-43-35-27-20-15-11-9-13-17-23-31-39-47-55-72(77)85-61-70(91-74(79)57-49-41-32-24-18-14-10-12-16-21-28-36-44-52-66(3)4)63-89-93(81,82)87-59-69(76)60-88-94(83,84)90-64-71(62-86-73(78)56-48-40-34-26-30-38-46-54-68(7)8)92-75(80)58-50-42-33-25-19-22-29-37-45-53-67(5)6/h65-71,76H,9-64H2,1-8H3,(H,81,82)(H,83,84)/t69?,70-,71-/m1/s1. The van der Waals surface area contributed by atoms with Crippen molar-refractivity contribution < 1.29 is 80.2 Å². The van der Waals surface area contributed by atoms with Gasteiger partial charge in [-0.3, -0.25) is 37.3 Å². The average molecular weight is 1380 g/mol. The number of phosphoric acid groups is 2. The van der Waals surface area contributed by atoms with Crippen LogP contribution in [0.25, 0.3) is 0 Å². The van der Waals surface area contributed by atoms with Crippen LogP contribution in [0.3, 0.4) is 0 Å². The lowest BCUT2D eigenvalue weighted by Crippen LogP contribution is -2.30. The van der Waals surface area contributed by atoms with Gasteiger partial charge in [0.05, 0.1) is 26.4 Å². The first kappa shape index (κ1) is 92.1. The summed E-state index contributed by atoms with van der Waals surface area (Å²) in [6.45, 7) is 14.1. The lowest BCUT2D eigenvalue weighted by atomic mass is 10.0. The van der Waals surface area contributed by atoms with Gasteiger partial charge < -0.3 is 33.8 Å². The number of aliphatic hydroxyl groups is 1. The van der Waals surface area contributed by atoms with E-state index in [4.69, 9.17) is 37.0 Å². The lowest BCUT2D eigenvalue weighted by molar-refractivity contribution is -0.161. The van der Waals surface area contributed by atoms with E-state index < -0.39 is 97.5 Å². The first-order valence-electron chi connectivity index (χ1n) is 38.7. The van der Waals surface area contributed by atoms with Gasteiger partial charge in [-0.15, -0.1) is 0 Å². The van der Waals surface area contributed by atoms with Crippen LogP contribution in [0.1, 0.15) is 376 Å². The zero-order chi connectivity index (χ0) is 69.6. The summed E-state index contributed by atoms with van der Waals surface area (Å²) in [4.78, 5) is 72.8. The minimum absolute atomic E-state index is 0.104. The highest BCUT2D eigenvalue weighted by Crippen LogP contribution is 2.45. The molecular weight excluding hydrogens is 1230 g/mol. The van der Waals surface area contributed by atoms with E-state index in [9.17, 15) is 43.2 Å². The molecule has 0 aliphatic rings. The molecule has 17 nitrogen and oxygen atoms in total. The Morgan fingerprint density at radius 1 is 0.266 bits per heavy atom. The molecule has 94 heavy (non-hydrogen) atoms. The Balaban J connectivity index is 5.25. The fraction of sp³-hybridized carbons (Fsp3) is 0.947. The van der Waals surface area contributed by atoms with Crippen LogP contribution in [0, 0.1) is 23.7 Å². The summed E-state index contributed by atoms with van der Waals surface area (Å²) in [7, 11) is -9.91. The summed E-state index contributed by atoms with van der Waals surface area (Å²) in [5, 5.41) is 10.6. The monoisotopic (exact) mass is 1380 g/mol. The van der Waals surface area contributed by atoms with E-state index in [-0.39, 0.29) is 25.7 Å². The second-order valence-corrected chi connectivity index (χ2v) is 31.9. The minimum Gasteiger partial charge on any atom is -0.462 e. The first-order chi connectivity index (χ1) is 45.1. The second kappa shape index (κ2) is 64.4. The number of rotatable bonds is 72. The van der Waals surface area contributed by atoms with Crippen LogP contribution >= 0.6 is 15.6 Å². The van der Waals surface area contributed by atoms with E-state index in [0.717, 1.165) is 114 Å². The summed E-state index contributed by atoms with van der Waals surface area (Å²) in [5.41, 5.74) is 0. The molecule has 3 N–H and O–H groups in total. The van der Waals surface area contributed by atoms with E-state index in [1.165, 1.54) is 173 Å². The van der Waals surface area contributed by atoms with Crippen LogP contribution in [0.5, 0.6) is 0 Å². The smallest absolute Gasteiger partial charge is 0.462 e. The van der Waals surface area contributed by atoms with Gasteiger partial charge in [0.25, 0.3) is 0 Å². The minimum atomic E-state index is -4.96. The van der Waals surface area contributed by atoms with Gasteiger partial charge in [-0.1, -0.05) is 325 Å². The molecule has 0 aromatic carbocycles. The number of phosphoric ester groups is 2. The molecule has 0 radical (unpaired) electrons. The molecule has 558 valence electrons. The third-order valence-electron chi connectivity index (χ3n) is 17.3. The molecule has 19 heteroatoms. The molecule has 0 fully saturated rings. The molecule has 0 aliphatic carbocycles. The van der Waals surface area contributed by atoms with Crippen LogP contribution < -0.4 is 0 Å². The van der Waals surface area contributed by atoms with Crippen LogP contribution in [-0.4, -0.2) is 96.7 Å². The van der Waals surface area contributed by atoms with Crippen molar-refractivity contribution in [3.63, 3.8) is 0 Å². The highest BCUT2D eigenvalue weighted by Gasteiger charge is 2.30. The van der Waals surface area contributed by atoms with E-state index in [2.05, 4.69) is 55.4 Å². The molecular formula is C75H146O17P2. The van der Waals surface area contributed by atoms with Crippen molar-refractivity contribution in [2.45, 2.75) is 395 Å². The topological polar surface area (TPSA) is 237 Å². The number of hydrogen-bond donors (Lipinski definition) is 3. The number of esters is 4. The SMILES string of the molecule is CC(C)CCCCCCCCCCCCCCCC(=O)OC[C@H](COP(=O)(O)OCC(O)COP(=O)(O)OC[C@@H](COC(=O)CCCCCCCCCC(C)C)OC(=O)CCCCCCCCCCCC(C)C)OC(=O)CCCCCCCCCCCCCCCC(C)C. The van der Waals surface area contributed by atoms with Crippen molar-refractivity contribution in [3.05, 3.63) is 0 Å². The number of carbonyl (C=O) groups excluding carboxylic acids is 4. The normalized spacial score (nSPS) is 14.2. The van der Waals surface area contributed by atoms with Crippen LogP contribution in [-0.2, 0) is 65.4 Å². The summed E-state index contributed by atoms with van der Waals surface area (Å²) in [6, 6.07) is 0. The van der Waals surface area contributed by atoms with Gasteiger partial charge in [-0.05, 0) is 49.4 Å². The van der Waals surface area contributed by atoms with E-state index in [0.29, 0.717) is 31.6 Å². The Labute approximate surface area is 575 Å². The van der Waals surface area contributed by atoms with Crippen molar-refractivity contribution >= 4 is 39.5 Å². The Bertz CT molecular complexity index is 1850. The predicted molar refractivity (Wildman–Crippen MR) is 381 cm³/mol. The number of aliphatic hydroxyl groups excluding tert-OH is 1. The van der Waals surface area contributed by atoms with Crippen molar-refractivity contribution in [2.24, 2.45) is 23.7 Å². The Kier molecular flexibility index (Phi) is 63.1. The van der Waals surface area contributed by atoms with Gasteiger partial charge in [0, 0.05) is 25.7 Å². The van der Waals surface area contributed by atoms with E-state index in [1.807, 2.05) is 0 Å². The maximum atomic E-state index is 13.1. The number of carbonyl (C=O) groups is 4. The molecule has 0 spiro atoms. The molecule has 5 atom stereocenters. The van der Waals surface area contributed by atoms with E-state index in [1.54, 1.807) is 0 Å². The zero-order valence-electron chi connectivity index (χ0n) is 61.6. The zero-order valence-corrected chi connectivity index (χ0v) is 63.4. The fourth-order valence-corrected chi connectivity index (χ4v) is 13.0. The van der Waals surface area contributed by atoms with Crippen LogP contribution in [0.15, 0.2) is 0 Å². The summed E-state index contributed by atoms with van der Waals surface area (Å²) in [6.07, 6.45) is 48.6. The molecule has 0 aliphatic heterocycles. The number of ether oxygens (including phenoxy) is 4. The van der Waals surface area contributed by atoms with Gasteiger partial charge in [-0.25, -0.2) is 9.13 Å². The van der Waals surface area contributed by atoms with Crippen molar-refractivity contribution in [1.82, 2.24) is 0 Å². The third kappa shape index (κ3) is 68.6. The molecule has 0 bridgehead atoms. The molecule has 0 aromatic rings. The fourth-order valence-electron chi connectivity index (χ4n) is 11.4. The Morgan fingerprint density at radius 3 is 0.660 bits per heavy atom. The molecule has 0 saturated heterocycles. The number of hydrogen-bond acceptors (Lipinski definition) is 15. The quantitative estimate of drug-likeness (QED) is 0.0222. The Hall–Kier alpha value is -1.94. The summed E-state index contributed by atoms with van der Waals surface area (Å²) in [5.74, 6) is 0.896. The largest absolute Gasteiger partial charge is 0.472 e. The van der Waals surface area contributed by atoms with Crippen molar-refractivity contribution in [1.29, 1.82) is 0 Å². The van der Waals surface area contributed by atoms with Gasteiger partial charge in [0.15, 0.2) is 12.2 Å². The number of unbranched alkanes of at least 4 members (excludes halogenated alkanes) is 38. The molecule has 0 heterocycles. The lowest BCUT2D eigenvalue weighted by Gasteiger charge is -2.21. The average Bonchev–Trinajstić information content (AvgIpc) is 1.45. The second-order valence-electron chi connectivity index (χ2n) is 28.9. The van der Waals surface area contributed by atoms with Crippen LogP contribution in [0.2, 0.25) is 0 Å². The maximum absolute atomic E-state index is 13.1. The maximum Gasteiger partial charge on any atom is 0.472 e. The third-order valence-corrected chi connectivity index (χ3v) is 19.2. The van der Waals surface area contributed by atoms with Crippen LogP contribution in [0.4, 0.5) is 0 Å². The molecule has 0 saturated carbocycles. The van der Waals surface area contributed by atoms with Crippen molar-refractivity contribution in [3.8, 4) is 0 Å². The van der Waals surface area contributed by atoms with Gasteiger partial charge >= 0.3 is 39.5 Å². The van der Waals surface area contributed by atoms with Crippen molar-refractivity contribution in [2.75, 3.05) is 39.6 Å². The highest BCUT2D eigenvalue weighted by molar-refractivity contribution is 7.47. The summed E-state index contributed by atoms with van der Waals surface area (Å²) < 4.78 is 68.5. The first-order valence-corrected chi connectivity index (χ1v) is 41.7. The predicted octanol–water partition coefficient (Wildman–Crippen LogP) is 21.7. The van der Waals surface area contributed by atoms with Gasteiger partial charge in [-0.2, -0.15) is 0 Å². The van der Waals surface area contributed by atoms with Gasteiger partial charge in [0.2, 0.25) is 0 Å². The highest BCUT2D eigenvalue weighted by atomic mass is 31.2. The molecule has 0 aromatic heterocycles.